The average molecular weight is 334 g/mol. The molecule has 1 fully saturated rings. The van der Waals surface area contributed by atoms with E-state index in [1.165, 1.54) is 4.90 Å². The molecule has 5 nitrogen and oxygen atoms in total. The van der Waals surface area contributed by atoms with Gasteiger partial charge in [0, 0.05) is 33.3 Å². The molecule has 0 bridgehead atoms. The van der Waals surface area contributed by atoms with Crippen molar-refractivity contribution in [1.82, 2.24) is 4.90 Å². The number of imide groups is 1. The van der Waals surface area contributed by atoms with Crippen molar-refractivity contribution in [2.75, 3.05) is 24.8 Å². The van der Waals surface area contributed by atoms with Crippen molar-refractivity contribution in [3.63, 3.8) is 0 Å². The zero-order chi connectivity index (χ0) is 17.0. The average Bonchev–Trinajstić information content (AvgIpc) is 2.46. The van der Waals surface area contributed by atoms with E-state index in [1.54, 1.807) is 4.90 Å². The summed E-state index contributed by atoms with van der Waals surface area (Å²) in [6.07, 6.45) is 0.330. The maximum atomic E-state index is 12.6. The van der Waals surface area contributed by atoms with Gasteiger partial charge in [-0.3, -0.25) is 9.69 Å². The summed E-state index contributed by atoms with van der Waals surface area (Å²) in [6.45, 7) is 9.88. The summed E-state index contributed by atoms with van der Waals surface area (Å²) < 4.78 is 5.59. The molecule has 1 saturated heterocycles. The minimum Gasteiger partial charge on any atom is -0.361 e. The Hall–Kier alpha value is -1.66. The Morgan fingerprint density at radius 2 is 1.78 bits per heavy atom. The molecule has 1 aromatic rings. The van der Waals surface area contributed by atoms with Crippen molar-refractivity contribution >= 4 is 25.7 Å². The molecular formula is C17H26N2O3Si. The van der Waals surface area contributed by atoms with Crippen LogP contribution in [0.25, 0.3) is 0 Å². The fraction of sp³-hybridized carbons (Fsp3) is 0.529. The molecule has 23 heavy (non-hydrogen) atoms. The summed E-state index contributed by atoms with van der Waals surface area (Å²) in [6, 6.07) is 8.48. The largest absolute Gasteiger partial charge is 0.361 e. The number of carbonyl (C=O) groups excluding carboxylic acids is 2. The molecule has 1 aliphatic rings. The molecule has 1 aliphatic heterocycles. The fourth-order valence-electron chi connectivity index (χ4n) is 2.32. The van der Waals surface area contributed by atoms with Gasteiger partial charge in [-0.1, -0.05) is 37.3 Å². The molecule has 0 saturated carbocycles. The number of aryl methyl sites for hydroxylation is 1. The summed E-state index contributed by atoms with van der Waals surface area (Å²) in [4.78, 5) is 27.5. The van der Waals surface area contributed by atoms with Crippen LogP contribution in [0.2, 0.25) is 25.7 Å². The highest BCUT2D eigenvalue weighted by atomic mass is 28.3. The lowest BCUT2D eigenvalue weighted by Gasteiger charge is -2.34. The van der Waals surface area contributed by atoms with Crippen LogP contribution >= 0.6 is 0 Å². The van der Waals surface area contributed by atoms with Gasteiger partial charge in [0.2, 0.25) is 5.91 Å². The number of benzene rings is 1. The van der Waals surface area contributed by atoms with Crippen LogP contribution < -0.4 is 4.90 Å². The van der Waals surface area contributed by atoms with Gasteiger partial charge in [0.25, 0.3) is 0 Å². The molecule has 6 heteroatoms. The van der Waals surface area contributed by atoms with Gasteiger partial charge in [0.1, 0.15) is 6.73 Å². The van der Waals surface area contributed by atoms with Gasteiger partial charge >= 0.3 is 6.03 Å². The second-order valence-corrected chi connectivity index (χ2v) is 12.8. The van der Waals surface area contributed by atoms with Gasteiger partial charge in [-0.25, -0.2) is 9.69 Å². The van der Waals surface area contributed by atoms with Crippen LogP contribution in [0.1, 0.15) is 12.0 Å². The predicted octanol–water partition coefficient (Wildman–Crippen LogP) is 3.47. The summed E-state index contributed by atoms with van der Waals surface area (Å²) >= 11 is 0. The van der Waals surface area contributed by atoms with Gasteiger partial charge in [-0.15, -0.1) is 0 Å². The smallest absolute Gasteiger partial charge is 0.333 e. The molecule has 0 radical (unpaired) electrons. The minimum atomic E-state index is -1.17. The maximum absolute atomic E-state index is 12.6. The SMILES string of the molecule is Cc1ccc(N2CCC(=O)N(COCC[Si](C)(C)C)C2=O)cc1. The number of carbonyl (C=O) groups is 2. The standard InChI is InChI=1S/C17H26N2O3Si/c1-14-5-7-15(8-6-14)18-10-9-16(20)19(17(18)21)13-22-11-12-23(2,3)4/h5-8H,9-13H2,1-4H3. The van der Waals surface area contributed by atoms with E-state index in [1.807, 2.05) is 31.2 Å². The molecule has 0 spiro atoms. The van der Waals surface area contributed by atoms with Crippen molar-refractivity contribution in [3.8, 4) is 0 Å². The number of rotatable bonds is 6. The van der Waals surface area contributed by atoms with Crippen molar-refractivity contribution in [3.05, 3.63) is 29.8 Å². The Morgan fingerprint density at radius 1 is 1.13 bits per heavy atom. The summed E-state index contributed by atoms with van der Waals surface area (Å²) in [5.41, 5.74) is 1.96. The lowest BCUT2D eigenvalue weighted by Crippen LogP contribution is -2.53. The lowest BCUT2D eigenvalue weighted by atomic mass is 10.2. The van der Waals surface area contributed by atoms with E-state index in [0.717, 1.165) is 17.3 Å². The number of ether oxygens (including phenoxy) is 1. The quantitative estimate of drug-likeness (QED) is 0.591. The predicted molar refractivity (Wildman–Crippen MR) is 94.4 cm³/mol. The minimum absolute atomic E-state index is 0.0461. The number of hydrogen-bond donors (Lipinski definition) is 0. The van der Waals surface area contributed by atoms with Gasteiger partial charge in [-0.05, 0) is 25.1 Å². The summed E-state index contributed by atoms with van der Waals surface area (Å²) in [5, 5.41) is 0. The highest BCUT2D eigenvalue weighted by Gasteiger charge is 2.32. The molecule has 0 aromatic heterocycles. The normalized spacial score (nSPS) is 16.2. The van der Waals surface area contributed by atoms with Gasteiger partial charge in [-0.2, -0.15) is 0 Å². The molecule has 3 amide bonds. The number of amides is 3. The van der Waals surface area contributed by atoms with E-state index in [0.29, 0.717) is 19.6 Å². The van der Waals surface area contributed by atoms with Gasteiger partial charge in [0.15, 0.2) is 0 Å². The van der Waals surface area contributed by atoms with E-state index in [2.05, 4.69) is 19.6 Å². The Morgan fingerprint density at radius 3 is 2.39 bits per heavy atom. The third kappa shape index (κ3) is 4.91. The van der Waals surface area contributed by atoms with Gasteiger partial charge < -0.3 is 4.74 Å². The lowest BCUT2D eigenvalue weighted by molar-refractivity contribution is -0.133. The summed E-state index contributed by atoms with van der Waals surface area (Å²) in [5.74, 6) is -0.161. The van der Waals surface area contributed by atoms with E-state index in [-0.39, 0.29) is 18.7 Å². The molecular weight excluding hydrogens is 308 g/mol. The first-order chi connectivity index (χ1) is 10.8. The Kier molecular flexibility index (Phi) is 5.59. The monoisotopic (exact) mass is 334 g/mol. The van der Waals surface area contributed by atoms with E-state index in [4.69, 9.17) is 4.74 Å². The van der Waals surface area contributed by atoms with Crippen LogP contribution in [0.4, 0.5) is 10.5 Å². The Balaban J connectivity index is 1.97. The van der Waals surface area contributed by atoms with Crippen LogP contribution in [0.15, 0.2) is 24.3 Å². The van der Waals surface area contributed by atoms with Crippen LogP contribution in [0, 0.1) is 6.92 Å². The van der Waals surface area contributed by atoms with Gasteiger partial charge in [0.05, 0.1) is 0 Å². The zero-order valence-electron chi connectivity index (χ0n) is 14.5. The number of hydrogen-bond acceptors (Lipinski definition) is 3. The van der Waals surface area contributed by atoms with Crippen molar-refractivity contribution in [2.24, 2.45) is 0 Å². The maximum Gasteiger partial charge on any atom is 0.333 e. The zero-order valence-corrected chi connectivity index (χ0v) is 15.5. The number of urea groups is 1. The van der Waals surface area contributed by atoms with Crippen LogP contribution in [0.5, 0.6) is 0 Å². The first-order valence-electron chi connectivity index (χ1n) is 8.04. The molecule has 1 aromatic carbocycles. The van der Waals surface area contributed by atoms with Crippen molar-refractivity contribution < 1.29 is 14.3 Å². The van der Waals surface area contributed by atoms with Crippen LogP contribution in [-0.2, 0) is 9.53 Å². The number of anilines is 1. The molecule has 2 rings (SSSR count). The molecule has 1 heterocycles. The second-order valence-electron chi connectivity index (χ2n) is 7.19. The van der Waals surface area contributed by atoms with E-state index >= 15 is 0 Å². The van der Waals surface area contributed by atoms with Crippen LogP contribution in [-0.4, -0.2) is 44.8 Å². The molecule has 0 atom stereocenters. The number of nitrogens with zero attached hydrogens (tertiary/aromatic N) is 2. The highest BCUT2D eigenvalue weighted by Crippen LogP contribution is 2.21. The molecule has 0 unspecified atom stereocenters. The molecule has 126 valence electrons. The molecule has 0 N–H and O–H groups in total. The molecule has 0 aliphatic carbocycles. The Labute approximate surface area is 139 Å². The fourth-order valence-corrected chi connectivity index (χ4v) is 3.07. The van der Waals surface area contributed by atoms with Crippen molar-refractivity contribution in [1.29, 1.82) is 0 Å². The van der Waals surface area contributed by atoms with E-state index in [9.17, 15) is 9.59 Å². The first kappa shape index (κ1) is 17.7. The Bertz CT molecular complexity index is 566. The second kappa shape index (κ2) is 7.27. The highest BCUT2D eigenvalue weighted by molar-refractivity contribution is 6.76. The third-order valence-electron chi connectivity index (χ3n) is 3.87. The summed E-state index contributed by atoms with van der Waals surface area (Å²) in [7, 11) is -1.17. The van der Waals surface area contributed by atoms with Crippen LogP contribution in [0.3, 0.4) is 0 Å². The first-order valence-corrected chi connectivity index (χ1v) is 11.7. The van der Waals surface area contributed by atoms with Crippen molar-refractivity contribution in [2.45, 2.75) is 39.0 Å². The van der Waals surface area contributed by atoms with E-state index < -0.39 is 8.07 Å². The third-order valence-corrected chi connectivity index (χ3v) is 5.58. The topological polar surface area (TPSA) is 49.9 Å².